The molecule has 0 bridgehead atoms. The molecular weight excluding hydrogens is 573 g/mol. The lowest BCUT2D eigenvalue weighted by Crippen LogP contribution is -2.53. The largest absolute Gasteiger partial charge is 0.345 e. The molecule has 3 atom stereocenters. The second kappa shape index (κ2) is 12.8. The third-order valence-corrected chi connectivity index (χ3v) is 9.65. The molecule has 0 spiro atoms. The van der Waals surface area contributed by atoms with E-state index in [1.54, 1.807) is 0 Å². The van der Waals surface area contributed by atoms with Crippen molar-refractivity contribution < 1.29 is 4.79 Å². The summed E-state index contributed by atoms with van der Waals surface area (Å²) in [5.74, 6) is 2.82. The fraction of sp³-hybridized carbons (Fsp3) is 0.429. The zero-order valence-corrected chi connectivity index (χ0v) is 26.9. The van der Waals surface area contributed by atoms with Gasteiger partial charge in [0.15, 0.2) is 13.9 Å². The Balaban J connectivity index is 1.02. The molecule has 2 aromatic heterocycles. The lowest BCUT2D eigenvalue weighted by Gasteiger charge is -2.31. The van der Waals surface area contributed by atoms with Crippen LogP contribution in [0.1, 0.15) is 63.3 Å². The first-order valence-electron chi connectivity index (χ1n) is 16.5. The van der Waals surface area contributed by atoms with Gasteiger partial charge in [0.25, 0.3) is 0 Å². The first-order chi connectivity index (χ1) is 22.4. The molecule has 4 aromatic rings. The Bertz CT molecular complexity index is 1690. The van der Waals surface area contributed by atoms with E-state index >= 15 is 0 Å². The van der Waals surface area contributed by atoms with Crippen LogP contribution in [0.5, 0.6) is 0 Å². The molecule has 3 N–H and O–H groups in total. The first-order valence-corrected chi connectivity index (χ1v) is 16.5. The Kier molecular flexibility index (Phi) is 8.42. The molecule has 3 aliphatic rings. The number of carbonyl (C=O) groups excluding carboxylic acids is 1. The molecule has 5 heterocycles. The van der Waals surface area contributed by atoms with Crippen LogP contribution in [0.15, 0.2) is 65.9 Å². The number of guanidine groups is 1. The van der Waals surface area contributed by atoms with E-state index in [-0.39, 0.29) is 30.0 Å². The number of likely N-dealkylation sites (tertiary alicyclic amines) is 1. The Morgan fingerprint density at radius 1 is 0.826 bits per heavy atom. The van der Waals surface area contributed by atoms with Crippen LogP contribution in [0.2, 0.25) is 0 Å². The van der Waals surface area contributed by atoms with E-state index in [0.29, 0.717) is 0 Å². The van der Waals surface area contributed by atoms with Crippen molar-refractivity contribution in [1.82, 2.24) is 39.9 Å². The van der Waals surface area contributed by atoms with Gasteiger partial charge >= 0.3 is 0 Å². The van der Waals surface area contributed by atoms with Gasteiger partial charge in [0, 0.05) is 20.1 Å². The lowest BCUT2D eigenvalue weighted by molar-refractivity contribution is -0.135. The molecule has 2 fully saturated rings. The molecule has 2 radical (unpaired) electrons. The summed E-state index contributed by atoms with van der Waals surface area (Å²) in [7, 11) is 8.14. The van der Waals surface area contributed by atoms with Crippen LogP contribution in [0.3, 0.4) is 0 Å². The van der Waals surface area contributed by atoms with Crippen LogP contribution < -0.4 is 5.32 Å². The second-order valence-electron chi connectivity index (χ2n) is 13.1. The van der Waals surface area contributed by atoms with Crippen molar-refractivity contribution in [2.75, 3.05) is 33.2 Å². The number of carbonyl (C=O) groups is 1. The number of aromatic amines is 2. The number of amides is 1. The predicted octanol–water partition coefficient (Wildman–Crippen LogP) is 4.93. The van der Waals surface area contributed by atoms with Crippen molar-refractivity contribution in [2.45, 2.75) is 57.7 Å². The number of nitrogens with zero attached hydrogens (tertiary/aromatic N) is 6. The van der Waals surface area contributed by atoms with E-state index < -0.39 is 0 Å². The molecule has 2 aromatic carbocycles. The summed E-state index contributed by atoms with van der Waals surface area (Å²) in [6.45, 7) is 7.43. The van der Waals surface area contributed by atoms with Crippen molar-refractivity contribution in [2.24, 2.45) is 10.9 Å². The summed E-state index contributed by atoms with van der Waals surface area (Å²) in [5, 5.41) is 3.43. The molecule has 0 unspecified atom stereocenters. The number of hydrogen-bond acceptors (Lipinski definition) is 7. The van der Waals surface area contributed by atoms with Gasteiger partial charge in [-0.1, -0.05) is 62.4 Å². The van der Waals surface area contributed by atoms with Gasteiger partial charge in [0.1, 0.15) is 17.7 Å². The van der Waals surface area contributed by atoms with Crippen molar-refractivity contribution >= 4 is 19.8 Å². The Morgan fingerprint density at radius 3 is 1.89 bits per heavy atom. The highest BCUT2D eigenvalue weighted by Gasteiger charge is 2.37. The van der Waals surface area contributed by atoms with E-state index in [9.17, 15) is 4.79 Å². The third-order valence-electron chi connectivity index (χ3n) is 9.65. The number of imidazole rings is 2. The van der Waals surface area contributed by atoms with Crippen LogP contribution in [0.4, 0.5) is 0 Å². The maximum absolute atomic E-state index is 13.8. The normalized spacial score (nSPS) is 20.9. The van der Waals surface area contributed by atoms with Gasteiger partial charge < -0.3 is 29.9 Å². The molecular formula is C35H42BN9O. The van der Waals surface area contributed by atoms with Gasteiger partial charge in [-0.25, -0.2) is 9.97 Å². The second-order valence-corrected chi connectivity index (χ2v) is 13.1. The first kappa shape index (κ1) is 30.3. The molecule has 11 heteroatoms. The highest BCUT2D eigenvalue weighted by Crippen LogP contribution is 2.34. The molecule has 236 valence electrons. The predicted molar refractivity (Wildman–Crippen MR) is 182 cm³/mol. The number of nitrogens with one attached hydrogen (secondary N) is 3. The molecule has 2 saturated heterocycles. The van der Waals surface area contributed by atoms with Crippen molar-refractivity contribution in [1.29, 1.82) is 0 Å². The number of likely N-dealkylation sites (N-methyl/N-ethyl adjacent to an activating group) is 1. The summed E-state index contributed by atoms with van der Waals surface area (Å²) in [4.78, 5) is 40.7. The highest BCUT2D eigenvalue weighted by molar-refractivity contribution is 6.04. The van der Waals surface area contributed by atoms with E-state index in [1.807, 2.05) is 29.2 Å². The topological polar surface area (TPSA) is 109 Å². The van der Waals surface area contributed by atoms with Crippen LogP contribution in [0.25, 0.3) is 33.6 Å². The molecule has 10 nitrogen and oxygen atoms in total. The quantitative estimate of drug-likeness (QED) is 0.243. The molecule has 7 rings (SSSR count). The number of rotatable bonds is 8. The zero-order chi connectivity index (χ0) is 31.8. The van der Waals surface area contributed by atoms with E-state index in [4.69, 9.17) is 13.0 Å². The van der Waals surface area contributed by atoms with Gasteiger partial charge in [-0.3, -0.25) is 9.79 Å². The number of benzene rings is 2. The molecule has 0 aliphatic carbocycles. The number of H-pyrrole nitrogens is 2. The number of hydrogen-bond donors (Lipinski definition) is 3. The molecule has 46 heavy (non-hydrogen) atoms. The Hall–Kier alpha value is -4.38. The van der Waals surface area contributed by atoms with Gasteiger partial charge in [-0.2, -0.15) is 0 Å². The minimum Gasteiger partial charge on any atom is -0.345 e. The van der Waals surface area contributed by atoms with Crippen LogP contribution in [0, 0.1) is 5.92 Å². The summed E-state index contributed by atoms with van der Waals surface area (Å²) >= 11 is 0. The lowest BCUT2D eigenvalue weighted by atomic mass is 10.0. The fourth-order valence-corrected chi connectivity index (χ4v) is 6.91. The maximum atomic E-state index is 13.8. The number of aromatic nitrogens is 4. The third kappa shape index (κ3) is 5.96. The average molecular weight is 616 g/mol. The highest BCUT2D eigenvalue weighted by atomic mass is 16.2. The summed E-state index contributed by atoms with van der Waals surface area (Å²) in [5.41, 5.74) is 6.39. The van der Waals surface area contributed by atoms with Gasteiger partial charge in [-0.05, 0) is 60.4 Å². The standard InChI is InChI=1S/C35H42BN9O/c1-22(2)31(42-35-37-16-19-43(35)3)34(46)44-17-4-6-29(44)32-38-20-27(40-32)25-12-8-23(9-13-25)24-10-14-26(15-11-24)28-21-39-33(41-28)30-7-5-18-45(30)36/h8-15,20-22,29-31H,4-7,16-19H2,1-3H3,(H,37,42)(H,38,40)(H,39,41)/t29-,30+,31-/m0/s1. The average Bonchev–Trinajstić information content (AvgIpc) is 3.91. The minimum absolute atomic E-state index is 0.0660. The zero-order valence-electron chi connectivity index (χ0n) is 26.9. The van der Waals surface area contributed by atoms with Crippen molar-refractivity contribution in [3.8, 4) is 33.6 Å². The van der Waals surface area contributed by atoms with E-state index in [2.05, 4.69) is 92.5 Å². The summed E-state index contributed by atoms with van der Waals surface area (Å²) < 4.78 is 0. The van der Waals surface area contributed by atoms with Crippen molar-refractivity contribution in [3.63, 3.8) is 0 Å². The van der Waals surface area contributed by atoms with Crippen LogP contribution in [-0.4, -0.2) is 93.7 Å². The van der Waals surface area contributed by atoms with Gasteiger partial charge in [0.2, 0.25) is 5.91 Å². The van der Waals surface area contributed by atoms with Gasteiger partial charge in [0.05, 0.1) is 42.4 Å². The van der Waals surface area contributed by atoms with Crippen LogP contribution >= 0.6 is 0 Å². The van der Waals surface area contributed by atoms with E-state index in [1.165, 1.54) is 0 Å². The number of aliphatic imine (C=N–C) groups is 1. The van der Waals surface area contributed by atoms with Gasteiger partial charge in [-0.15, -0.1) is 0 Å². The summed E-state index contributed by atoms with van der Waals surface area (Å²) in [6, 6.07) is 16.8. The monoisotopic (exact) mass is 615 g/mol. The minimum atomic E-state index is -0.332. The van der Waals surface area contributed by atoms with Crippen LogP contribution in [-0.2, 0) is 4.79 Å². The fourth-order valence-electron chi connectivity index (χ4n) is 6.91. The molecule has 0 saturated carbocycles. The van der Waals surface area contributed by atoms with E-state index in [0.717, 1.165) is 103 Å². The smallest absolute Gasteiger partial charge is 0.246 e. The molecule has 3 aliphatic heterocycles. The Morgan fingerprint density at radius 2 is 1.37 bits per heavy atom. The Labute approximate surface area is 272 Å². The maximum Gasteiger partial charge on any atom is 0.246 e. The summed E-state index contributed by atoms with van der Waals surface area (Å²) in [6.07, 6.45) is 7.76. The SMILES string of the molecule is [B]N1CCC[C@@H]1c1ncc(-c2ccc(-c3ccc(-c4cnc([C@@H]5CCCN5C(=O)[C@@H](NC5=NCCN5C)C(C)C)[nH]4)cc3)cc2)[nH]1. The van der Waals surface area contributed by atoms with Crippen molar-refractivity contribution in [3.05, 3.63) is 72.6 Å². The molecule has 1 amide bonds.